The second kappa shape index (κ2) is 11.9. The molecule has 0 aromatic carbocycles. The molecule has 29 heavy (non-hydrogen) atoms. The van der Waals surface area contributed by atoms with Crippen molar-refractivity contribution in [2.75, 3.05) is 25.6 Å². The first-order chi connectivity index (χ1) is 13.5. The highest BCUT2D eigenvalue weighted by Gasteiger charge is 2.49. The highest BCUT2D eigenvalue weighted by atomic mass is 35.5. The molecular weight excluding hydrogens is 410 g/mol. The van der Waals surface area contributed by atoms with Gasteiger partial charge in [0.25, 0.3) is 0 Å². The van der Waals surface area contributed by atoms with Gasteiger partial charge < -0.3 is 29.9 Å². The van der Waals surface area contributed by atoms with E-state index in [1.54, 1.807) is 13.8 Å². The van der Waals surface area contributed by atoms with Gasteiger partial charge in [-0.2, -0.15) is 5.01 Å². The van der Waals surface area contributed by atoms with Crippen LogP contribution in [0.5, 0.6) is 0 Å². The minimum atomic E-state index is -1.76. The molecule has 0 aromatic heterocycles. The van der Waals surface area contributed by atoms with Crippen LogP contribution in [0.4, 0.5) is 4.79 Å². The number of rotatable bonds is 10. The van der Waals surface area contributed by atoms with Gasteiger partial charge in [0.2, 0.25) is 0 Å². The Morgan fingerprint density at radius 3 is 2.24 bits per heavy atom. The van der Waals surface area contributed by atoms with Crippen molar-refractivity contribution in [3.05, 3.63) is 4.91 Å². The third-order valence-electron chi connectivity index (χ3n) is 4.24. The Balaban J connectivity index is 3.09. The topological polar surface area (TPSA) is 152 Å². The molecule has 1 unspecified atom stereocenters. The normalized spacial score (nSPS) is 28.4. The number of ether oxygens (including phenoxy) is 2. The number of amides is 2. The molecule has 4 N–H and O–H groups in total. The molecule has 6 atom stereocenters. The molecule has 12 heteroatoms. The number of alkyl halides is 1. The predicted molar refractivity (Wildman–Crippen MR) is 104 cm³/mol. The smallest absolute Gasteiger partial charge is 0.345 e. The van der Waals surface area contributed by atoms with Crippen LogP contribution in [0.2, 0.25) is 0 Å². The van der Waals surface area contributed by atoms with Crippen LogP contribution in [0.3, 0.4) is 0 Å². The first kappa shape index (κ1) is 26.0. The van der Waals surface area contributed by atoms with Gasteiger partial charge in [0.15, 0.2) is 12.5 Å². The van der Waals surface area contributed by atoms with E-state index >= 15 is 0 Å². The van der Waals surface area contributed by atoms with Gasteiger partial charge in [-0.1, -0.05) is 27.7 Å². The molecule has 0 saturated carbocycles. The van der Waals surface area contributed by atoms with E-state index in [9.17, 15) is 30.1 Å². The molecule has 1 rings (SSSR count). The number of carbonyl (C=O) groups is 1. The van der Waals surface area contributed by atoms with Crippen LogP contribution in [0, 0.1) is 16.7 Å². The summed E-state index contributed by atoms with van der Waals surface area (Å²) in [4.78, 5) is 24.6. The maximum Gasteiger partial charge on any atom is 0.345 e. The molecule has 0 bridgehead atoms. The number of carbonyl (C=O) groups excluding carboxylic acids is 1. The first-order valence-electron chi connectivity index (χ1n) is 9.51. The zero-order chi connectivity index (χ0) is 22.3. The number of aliphatic hydroxyl groups excluding tert-OH is 4. The number of halogens is 1. The number of hydrogen-bond donors (Lipinski definition) is 4. The maximum absolute atomic E-state index is 12.7. The van der Waals surface area contributed by atoms with E-state index in [1.807, 2.05) is 13.8 Å². The Bertz CT molecular complexity index is 527. The SMILES string of the molecule is CC(C)CO[C@H]1O[C@H](C(O)N(CC(C)C)C(=O)N(CCCl)N=O)[C@@H](O)[C@H](O)[C@H]1O. The van der Waals surface area contributed by atoms with Crippen LogP contribution in [0.15, 0.2) is 5.29 Å². The first-order valence-corrected chi connectivity index (χ1v) is 10.0. The number of urea groups is 1. The van der Waals surface area contributed by atoms with Crippen molar-refractivity contribution in [3.8, 4) is 0 Å². The van der Waals surface area contributed by atoms with E-state index in [4.69, 9.17) is 21.1 Å². The Hall–Kier alpha value is -1.08. The van der Waals surface area contributed by atoms with Gasteiger partial charge in [0.1, 0.15) is 24.4 Å². The van der Waals surface area contributed by atoms with Crippen molar-refractivity contribution in [2.45, 2.75) is 64.6 Å². The van der Waals surface area contributed by atoms with Gasteiger partial charge in [-0.15, -0.1) is 16.5 Å². The summed E-state index contributed by atoms with van der Waals surface area (Å²) in [5.74, 6) is -0.0795. The van der Waals surface area contributed by atoms with Gasteiger partial charge in [-0.05, 0) is 11.8 Å². The van der Waals surface area contributed by atoms with Crippen molar-refractivity contribution < 1.29 is 34.7 Å². The van der Waals surface area contributed by atoms with Crippen molar-refractivity contribution in [3.63, 3.8) is 0 Å². The van der Waals surface area contributed by atoms with E-state index in [0.717, 1.165) is 4.90 Å². The molecule has 1 saturated heterocycles. The number of hydrogen-bond acceptors (Lipinski definition) is 9. The lowest BCUT2D eigenvalue weighted by molar-refractivity contribution is -0.319. The largest absolute Gasteiger partial charge is 0.387 e. The Morgan fingerprint density at radius 2 is 1.76 bits per heavy atom. The lowest BCUT2D eigenvalue weighted by Crippen LogP contribution is -2.65. The molecule has 1 heterocycles. The molecule has 11 nitrogen and oxygen atoms in total. The molecule has 0 radical (unpaired) electrons. The summed E-state index contributed by atoms with van der Waals surface area (Å²) >= 11 is 5.58. The lowest BCUT2D eigenvalue weighted by Gasteiger charge is -2.44. The molecule has 2 amide bonds. The Labute approximate surface area is 175 Å². The summed E-state index contributed by atoms with van der Waals surface area (Å²) in [5, 5.41) is 44.6. The molecule has 170 valence electrons. The Morgan fingerprint density at radius 1 is 1.14 bits per heavy atom. The van der Waals surface area contributed by atoms with Crippen LogP contribution in [-0.2, 0) is 9.47 Å². The van der Waals surface area contributed by atoms with E-state index in [-0.39, 0.29) is 37.4 Å². The fourth-order valence-corrected chi connectivity index (χ4v) is 2.97. The van der Waals surface area contributed by atoms with Crippen molar-refractivity contribution in [2.24, 2.45) is 17.1 Å². The zero-order valence-corrected chi connectivity index (χ0v) is 17.8. The molecule has 0 aliphatic carbocycles. The monoisotopic (exact) mass is 441 g/mol. The maximum atomic E-state index is 12.7. The minimum Gasteiger partial charge on any atom is -0.387 e. The summed E-state index contributed by atoms with van der Waals surface area (Å²) in [7, 11) is 0. The van der Waals surface area contributed by atoms with E-state index < -0.39 is 43.0 Å². The summed E-state index contributed by atoms with van der Waals surface area (Å²) in [6.45, 7) is 7.30. The van der Waals surface area contributed by atoms with Crippen LogP contribution >= 0.6 is 11.6 Å². The van der Waals surface area contributed by atoms with Crippen LogP contribution in [0.1, 0.15) is 27.7 Å². The fraction of sp³-hybridized carbons (Fsp3) is 0.941. The molecule has 0 spiro atoms. The third kappa shape index (κ3) is 6.99. The van der Waals surface area contributed by atoms with E-state index in [1.165, 1.54) is 0 Å². The van der Waals surface area contributed by atoms with Gasteiger partial charge in [0.05, 0.1) is 18.4 Å². The lowest BCUT2D eigenvalue weighted by atomic mass is 9.97. The van der Waals surface area contributed by atoms with Crippen molar-refractivity contribution in [1.82, 2.24) is 9.91 Å². The van der Waals surface area contributed by atoms with Crippen LogP contribution < -0.4 is 0 Å². The average molecular weight is 442 g/mol. The minimum absolute atomic E-state index is 0.00292. The van der Waals surface area contributed by atoms with Gasteiger partial charge in [0, 0.05) is 12.4 Å². The summed E-state index contributed by atoms with van der Waals surface area (Å²) in [6.07, 6.45) is -9.53. The van der Waals surface area contributed by atoms with E-state index in [0.29, 0.717) is 5.01 Å². The fourth-order valence-electron chi connectivity index (χ4n) is 2.81. The van der Waals surface area contributed by atoms with E-state index in [2.05, 4.69) is 5.29 Å². The molecule has 1 aliphatic heterocycles. The van der Waals surface area contributed by atoms with Crippen LogP contribution in [0.25, 0.3) is 0 Å². The molecule has 1 fully saturated rings. The summed E-state index contributed by atoms with van der Waals surface area (Å²) in [5.41, 5.74) is 0. The number of nitrogens with zero attached hydrogens (tertiary/aromatic N) is 3. The van der Waals surface area contributed by atoms with Crippen molar-refractivity contribution in [1.29, 1.82) is 0 Å². The standard InChI is InChI=1S/C17H32ClN3O8/c1-9(2)7-20(17(26)21(19-27)6-5-18)15(25)14-12(23)11(22)13(24)16(29-14)28-8-10(3)4/h9-16,22-25H,5-8H2,1-4H3/t11-,12-,13+,14-,15?,16-/m0/s1. The molecule has 1 aliphatic rings. The predicted octanol–water partition coefficient (Wildman–Crippen LogP) is 0.0852. The zero-order valence-electron chi connectivity index (χ0n) is 17.1. The Kier molecular flexibility index (Phi) is 10.7. The summed E-state index contributed by atoms with van der Waals surface area (Å²) < 4.78 is 10.9. The molecular formula is C17H32ClN3O8. The quantitative estimate of drug-likeness (QED) is 0.161. The van der Waals surface area contributed by atoms with Crippen LogP contribution in [-0.4, -0.2) is 98.9 Å². The van der Waals surface area contributed by atoms with Gasteiger partial charge in [-0.3, -0.25) is 4.90 Å². The average Bonchev–Trinajstić information content (AvgIpc) is 2.66. The van der Waals surface area contributed by atoms with Gasteiger partial charge in [-0.25, -0.2) is 4.79 Å². The summed E-state index contributed by atoms with van der Waals surface area (Å²) in [6, 6.07) is -0.932. The number of nitroso groups, excluding NO2 is 1. The highest BCUT2D eigenvalue weighted by Crippen LogP contribution is 2.27. The second-order valence-corrected chi connectivity index (χ2v) is 8.18. The molecule has 0 aromatic rings. The van der Waals surface area contributed by atoms with Gasteiger partial charge >= 0.3 is 6.03 Å². The highest BCUT2D eigenvalue weighted by molar-refractivity contribution is 6.18. The number of aliphatic hydroxyl groups is 4. The third-order valence-corrected chi connectivity index (χ3v) is 4.41. The van der Waals surface area contributed by atoms with Crippen molar-refractivity contribution >= 4 is 17.6 Å². The second-order valence-electron chi connectivity index (χ2n) is 7.80.